The highest BCUT2D eigenvalue weighted by molar-refractivity contribution is 7.92. The highest BCUT2D eigenvalue weighted by Crippen LogP contribution is 2.13. The van der Waals surface area contributed by atoms with Gasteiger partial charge in [0.05, 0.1) is 10.9 Å². The molecule has 1 aliphatic rings. The molecule has 0 spiro atoms. The van der Waals surface area contributed by atoms with Gasteiger partial charge in [0, 0.05) is 26.2 Å². The number of anilines is 1. The van der Waals surface area contributed by atoms with Crippen molar-refractivity contribution in [2.24, 2.45) is 0 Å². The van der Waals surface area contributed by atoms with Gasteiger partial charge in [-0.2, -0.15) is 5.10 Å². The molecule has 0 saturated carbocycles. The monoisotopic (exact) mass is 340 g/mol. The van der Waals surface area contributed by atoms with Gasteiger partial charge in [-0.05, 0) is 39.3 Å². The molecule has 1 aromatic heterocycles. The van der Waals surface area contributed by atoms with Gasteiger partial charge >= 0.3 is 0 Å². The topological polar surface area (TPSA) is 83.5 Å². The number of hydrogen-bond donors (Lipinski definition) is 0. The fourth-order valence-electron chi connectivity index (χ4n) is 2.39. The fraction of sp³-hybridized carbons (Fsp3) is 0.667. The Bertz CT molecular complexity index is 643. The second kappa shape index (κ2) is 7.25. The summed E-state index contributed by atoms with van der Waals surface area (Å²) in [7, 11) is -3.36. The first-order valence-corrected chi connectivity index (χ1v) is 9.56. The van der Waals surface area contributed by atoms with E-state index in [1.54, 1.807) is 18.7 Å². The van der Waals surface area contributed by atoms with Gasteiger partial charge in [0.25, 0.3) is 0 Å². The smallest absolute Gasteiger partial charge is 0.237 e. The number of nitrogens with zero attached hydrogens (tertiary/aromatic N) is 4. The normalized spacial score (nSPS) is 16.5. The second-order valence-corrected chi connectivity index (χ2v) is 8.67. The number of aromatic nitrogens is 2. The number of aryl methyl sites for hydroxylation is 1. The maximum absolute atomic E-state index is 12.3. The molecule has 7 nitrogen and oxygen atoms in total. The van der Waals surface area contributed by atoms with Crippen LogP contribution < -0.4 is 4.90 Å². The first-order valence-electron chi connectivity index (χ1n) is 7.84. The average molecular weight is 340 g/mol. The Morgan fingerprint density at radius 3 is 2.52 bits per heavy atom. The zero-order valence-electron chi connectivity index (χ0n) is 13.9. The first-order chi connectivity index (χ1) is 10.8. The van der Waals surface area contributed by atoms with Crippen LogP contribution in [0.3, 0.4) is 0 Å². The van der Waals surface area contributed by atoms with Crippen LogP contribution in [-0.4, -0.2) is 66.6 Å². The molecule has 0 N–H and O–H groups in total. The molecule has 1 saturated heterocycles. The Morgan fingerprint density at radius 2 is 1.91 bits per heavy atom. The van der Waals surface area contributed by atoms with Crippen molar-refractivity contribution in [1.29, 1.82) is 0 Å². The molecular formula is C15H24N4O3S. The molecule has 8 heteroatoms. The summed E-state index contributed by atoms with van der Waals surface area (Å²) >= 11 is 0. The van der Waals surface area contributed by atoms with Crippen LogP contribution >= 0.6 is 0 Å². The van der Waals surface area contributed by atoms with E-state index in [4.69, 9.17) is 0 Å². The van der Waals surface area contributed by atoms with Crippen LogP contribution in [0.15, 0.2) is 12.1 Å². The predicted molar refractivity (Wildman–Crippen MR) is 89.1 cm³/mol. The van der Waals surface area contributed by atoms with Crippen LogP contribution in [0.25, 0.3) is 0 Å². The zero-order valence-corrected chi connectivity index (χ0v) is 14.7. The van der Waals surface area contributed by atoms with E-state index < -0.39 is 20.8 Å². The molecule has 0 radical (unpaired) electrons. The number of carbonyl (C=O) groups is 1. The Labute approximate surface area is 137 Å². The molecule has 128 valence electrons. The molecule has 0 aromatic carbocycles. The van der Waals surface area contributed by atoms with Gasteiger partial charge in [0.15, 0.2) is 15.7 Å². The lowest BCUT2D eigenvalue weighted by Crippen LogP contribution is -2.40. The summed E-state index contributed by atoms with van der Waals surface area (Å²) < 4.78 is 23.8. The predicted octanol–water partition coefficient (Wildman–Crippen LogP) is 0.647. The fourth-order valence-corrected chi connectivity index (χ4v) is 3.25. The summed E-state index contributed by atoms with van der Waals surface area (Å²) in [5.74, 6) is 0.0740. The van der Waals surface area contributed by atoms with E-state index in [-0.39, 0.29) is 5.91 Å². The minimum Gasteiger partial charge on any atom is -0.353 e. The van der Waals surface area contributed by atoms with Crippen molar-refractivity contribution in [3.8, 4) is 0 Å². The van der Waals surface area contributed by atoms with Crippen molar-refractivity contribution in [3.63, 3.8) is 0 Å². The van der Waals surface area contributed by atoms with Gasteiger partial charge in [-0.15, -0.1) is 5.10 Å². The lowest BCUT2D eigenvalue weighted by Gasteiger charge is -2.22. The quantitative estimate of drug-likeness (QED) is 0.800. The molecule has 1 aromatic rings. The van der Waals surface area contributed by atoms with Gasteiger partial charge < -0.3 is 9.80 Å². The molecule has 2 heterocycles. The van der Waals surface area contributed by atoms with Crippen LogP contribution in [0.2, 0.25) is 0 Å². The molecule has 0 atom stereocenters. The SMILES string of the molecule is Cc1ccc(N2CCCN(C(=O)CS(=O)(=O)C(C)C)CC2)nn1. The maximum atomic E-state index is 12.3. The van der Waals surface area contributed by atoms with Crippen LogP contribution in [-0.2, 0) is 14.6 Å². The largest absolute Gasteiger partial charge is 0.353 e. The van der Waals surface area contributed by atoms with E-state index >= 15 is 0 Å². The minimum atomic E-state index is -3.36. The summed E-state index contributed by atoms with van der Waals surface area (Å²) in [6.45, 7) is 7.56. The molecular weight excluding hydrogens is 316 g/mol. The summed E-state index contributed by atoms with van der Waals surface area (Å²) in [6.07, 6.45) is 0.781. The van der Waals surface area contributed by atoms with Gasteiger partial charge in [0.2, 0.25) is 5.91 Å². The summed E-state index contributed by atoms with van der Waals surface area (Å²) in [5, 5.41) is 7.70. The van der Waals surface area contributed by atoms with E-state index in [1.807, 2.05) is 19.1 Å². The van der Waals surface area contributed by atoms with Gasteiger partial charge in [-0.1, -0.05) is 0 Å². The first kappa shape index (κ1) is 17.7. The van der Waals surface area contributed by atoms with Crippen LogP contribution in [0, 0.1) is 6.92 Å². The van der Waals surface area contributed by atoms with Crippen LogP contribution in [0.5, 0.6) is 0 Å². The van der Waals surface area contributed by atoms with Crippen LogP contribution in [0.4, 0.5) is 5.82 Å². The third-order valence-electron chi connectivity index (χ3n) is 4.00. The average Bonchev–Trinajstić information content (AvgIpc) is 2.73. The Balaban J connectivity index is 1.98. The van der Waals surface area contributed by atoms with E-state index in [9.17, 15) is 13.2 Å². The highest BCUT2D eigenvalue weighted by Gasteiger charge is 2.26. The molecule has 1 aliphatic heterocycles. The number of sulfone groups is 1. The minimum absolute atomic E-state index is 0.310. The van der Waals surface area contributed by atoms with Crippen molar-refractivity contribution in [3.05, 3.63) is 17.8 Å². The highest BCUT2D eigenvalue weighted by atomic mass is 32.2. The van der Waals surface area contributed by atoms with Gasteiger partial charge in [-0.25, -0.2) is 8.42 Å². The van der Waals surface area contributed by atoms with E-state index in [1.165, 1.54) is 0 Å². The lowest BCUT2D eigenvalue weighted by molar-refractivity contribution is -0.128. The molecule has 0 aliphatic carbocycles. The third-order valence-corrected chi connectivity index (χ3v) is 6.09. The van der Waals surface area contributed by atoms with Gasteiger partial charge in [-0.3, -0.25) is 4.79 Å². The number of amides is 1. The summed E-state index contributed by atoms with van der Waals surface area (Å²) in [5.41, 5.74) is 0.860. The molecule has 0 unspecified atom stereocenters. The van der Waals surface area contributed by atoms with E-state index in [0.717, 1.165) is 24.5 Å². The molecule has 2 rings (SSSR count). The third kappa shape index (κ3) is 4.63. The second-order valence-electron chi connectivity index (χ2n) is 6.11. The van der Waals surface area contributed by atoms with E-state index in [2.05, 4.69) is 15.1 Å². The molecule has 0 bridgehead atoms. The maximum Gasteiger partial charge on any atom is 0.237 e. The molecule has 1 fully saturated rings. The van der Waals surface area contributed by atoms with Crippen molar-refractivity contribution in [1.82, 2.24) is 15.1 Å². The van der Waals surface area contributed by atoms with Crippen LogP contribution in [0.1, 0.15) is 26.0 Å². The van der Waals surface area contributed by atoms with E-state index in [0.29, 0.717) is 19.6 Å². The van der Waals surface area contributed by atoms with Gasteiger partial charge in [0.1, 0.15) is 5.75 Å². The Kier molecular flexibility index (Phi) is 5.56. The van der Waals surface area contributed by atoms with Crippen molar-refractivity contribution in [2.75, 3.05) is 36.8 Å². The standard InChI is InChI=1S/C15H24N4O3S/c1-12(2)23(21,22)11-15(20)19-8-4-7-18(9-10-19)14-6-5-13(3)16-17-14/h5-6,12H,4,7-11H2,1-3H3. The molecule has 1 amide bonds. The summed E-state index contributed by atoms with van der Waals surface area (Å²) in [6, 6.07) is 3.83. The lowest BCUT2D eigenvalue weighted by atomic mass is 10.3. The summed E-state index contributed by atoms with van der Waals surface area (Å²) in [4.78, 5) is 16.0. The zero-order chi connectivity index (χ0) is 17.0. The van der Waals surface area contributed by atoms with Crippen molar-refractivity contribution in [2.45, 2.75) is 32.4 Å². The number of carbonyl (C=O) groups excluding carboxylic acids is 1. The van der Waals surface area contributed by atoms with Crippen molar-refractivity contribution >= 4 is 21.6 Å². The number of hydrogen-bond acceptors (Lipinski definition) is 6. The number of rotatable bonds is 4. The molecule has 23 heavy (non-hydrogen) atoms. The Hall–Kier alpha value is -1.70. The van der Waals surface area contributed by atoms with Crippen molar-refractivity contribution < 1.29 is 13.2 Å². The Morgan fingerprint density at radius 1 is 1.17 bits per heavy atom.